The summed E-state index contributed by atoms with van der Waals surface area (Å²) in [6.07, 6.45) is 0.355. The number of amides is 1. The Morgan fingerprint density at radius 1 is 1.67 bits per heavy atom. The van der Waals surface area contributed by atoms with Crippen molar-refractivity contribution in [2.24, 2.45) is 0 Å². The van der Waals surface area contributed by atoms with Crippen LogP contribution in [0.5, 0.6) is 0 Å². The molecule has 1 amide bonds. The molecule has 1 atom stereocenters. The quantitative estimate of drug-likeness (QED) is 0.405. The van der Waals surface area contributed by atoms with Crippen LogP contribution in [0.1, 0.15) is 0 Å². The van der Waals surface area contributed by atoms with E-state index in [1.807, 2.05) is 0 Å². The maximum absolute atomic E-state index is 10.5. The Hall–Kier alpha value is -0.660. The summed E-state index contributed by atoms with van der Waals surface area (Å²) in [7, 11) is -2.84. The maximum Gasteiger partial charge on any atom is 0.271 e. The SMILES string of the molecule is COCC(CNC=O)S(=O)(=O)O. The molecule has 0 bridgehead atoms. The number of hydrogen-bond donors (Lipinski definition) is 2. The highest BCUT2D eigenvalue weighted by atomic mass is 32.2. The van der Waals surface area contributed by atoms with Crippen molar-refractivity contribution in [2.45, 2.75) is 5.25 Å². The number of nitrogens with one attached hydrogen (secondary N) is 1. The first-order valence-electron chi connectivity index (χ1n) is 3.14. The minimum absolute atomic E-state index is 0.153. The molecule has 7 heteroatoms. The van der Waals surface area contributed by atoms with E-state index in [-0.39, 0.29) is 13.2 Å². The van der Waals surface area contributed by atoms with E-state index in [1.54, 1.807) is 0 Å². The van der Waals surface area contributed by atoms with Crippen molar-refractivity contribution in [3.8, 4) is 0 Å². The molecule has 1 unspecified atom stereocenters. The number of carbonyl (C=O) groups is 1. The molecule has 0 rings (SSSR count). The van der Waals surface area contributed by atoms with E-state index < -0.39 is 15.4 Å². The Morgan fingerprint density at radius 2 is 2.25 bits per heavy atom. The van der Waals surface area contributed by atoms with Gasteiger partial charge in [-0.15, -0.1) is 0 Å². The molecule has 0 aromatic rings. The smallest absolute Gasteiger partial charge is 0.271 e. The van der Waals surface area contributed by atoms with Gasteiger partial charge in [-0.2, -0.15) is 8.42 Å². The van der Waals surface area contributed by atoms with Crippen molar-refractivity contribution in [3.63, 3.8) is 0 Å². The van der Waals surface area contributed by atoms with Crippen LogP contribution in [-0.4, -0.2) is 44.9 Å². The van der Waals surface area contributed by atoms with Gasteiger partial charge in [0.05, 0.1) is 6.61 Å². The van der Waals surface area contributed by atoms with Crippen LogP contribution in [0.15, 0.2) is 0 Å². The van der Waals surface area contributed by atoms with Crippen LogP contribution in [0, 0.1) is 0 Å². The largest absolute Gasteiger partial charge is 0.383 e. The predicted molar refractivity (Wildman–Crippen MR) is 41.3 cm³/mol. The Labute approximate surface area is 70.7 Å². The van der Waals surface area contributed by atoms with Crippen molar-refractivity contribution >= 4 is 16.5 Å². The minimum Gasteiger partial charge on any atom is -0.383 e. The topological polar surface area (TPSA) is 92.7 Å². The average Bonchev–Trinajstić information content (AvgIpc) is 1.95. The molecule has 0 spiro atoms. The summed E-state index contributed by atoms with van der Waals surface area (Å²) in [5.41, 5.74) is 0. The zero-order valence-corrected chi connectivity index (χ0v) is 7.37. The third-order valence-electron chi connectivity index (χ3n) is 1.20. The van der Waals surface area contributed by atoms with E-state index in [1.165, 1.54) is 7.11 Å². The second-order valence-electron chi connectivity index (χ2n) is 2.12. The highest BCUT2D eigenvalue weighted by molar-refractivity contribution is 7.86. The van der Waals surface area contributed by atoms with Crippen LogP contribution in [-0.2, 0) is 19.6 Å². The molecule has 0 aromatic carbocycles. The van der Waals surface area contributed by atoms with Gasteiger partial charge in [0, 0.05) is 13.7 Å². The summed E-state index contributed by atoms with van der Waals surface area (Å²) >= 11 is 0. The summed E-state index contributed by atoms with van der Waals surface area (Å²) in [6.45, 7) is -0.310. The lowest BCUT2D eigenvalue weighted by Crippen LogP contribution is -2.35. The molecule has 12 heavy (non-hydrogen) atoms. The summed E-state index contributed by atoms with van der Waals surface area (Å²) in [5, 5.41) is 1.04. The zero-order valence-electron chi connectivity index (χ0n) is 6.56. The zero-order chi connectivity index (χ0) is 9.61. The van der Waals surface area contributed by atoms with Crippen molar-refractivity contribution in [2.75, 3.05) is 20.3 Å². The molecule has 2 N–H and O–H groups in total. The van der Waals surface area contributed by atoms with Gasteiger partial charge in [-0.25, -0.2) is 0 Å². The van der Waals surface area contributed by atoms with Crippen molar-refractivity contribution in [1.29, 1.82) is 0 Å². The fourth-order valence-electron chi connectivity index (χ4n) is 0.616. The number of rotatable bonds is 6. The fraction of sp³-hybridized carbons (Fsp3) is 0.800. The van der Waals surface area contributed by atoms with E-state index in [0.717, 1.165) is 0 Å². The third-order valence-corrected chi connectivity index (χ3v) is 2.35. The molecule has 0 saturated carbocycles. The Bertz CT molecular complexity index is 224. The van der Waals surface area contributed by atoms with Crippen molar-refractivity contribution in [3.05, 3.63) is 0 Å². The number of carbonyl (C=O) groups excluding carboxylic acids is 1. The second-order valence-corrected chi connectivity index (χ2v) is 3.82. The molecule has 0 heterocycles. The Balaban J connectivity index is 4.13. The third kappa shape index (κ3) is 4.27. The molecule has 0 aliphatic rings. The summed E-state index contributed by atoms with van der Waals surface area (Å²) in [5.74, 6) is 0. The van der Waals surface area contributed by atoms with Gasteiger partial charge in [-0.1, -0.05) is 0 Å². The predicted octanol–water partition coefficient (Wildman–Crippen LogP) is -1.36. The second kappa shape index (κ2) is 5.07. The van der Waals surface area contributed by atoms with Crippen LogP contribution in [0.2, 0.25) is 0 Å². The molecule has 0 aromatic heterocycles. The molecule has 6 nitrogen and oxygen atoms in total. The van der Waals surface area contributed by atoms with Crippen LogP contribution < -0.4 is 5.32 Å². The normalized spacial score (nSPS) is 13.8. The summed E-state index contributed by atoms with van der Waals surface area (Å²) < 4.78 is 34.2. The van der Waals surface area contributed by atoms with E-state index in [2.05, 4.69) is 10.1 Å². The van der Waals surface area contributed by atoms with Gasteiger partial charge in [0.2, 0.25) is 6.41 Å². The van der Waals surface area contributed by atoms with Gasteiger partial charge in [-0.05, 0) is 0 Å². The molecule has 72 valence electrons. The van der Waals surface area contributed by atoms with Gasteiger partial charge in [0.1, 0.15) is 5.25 Å². The van der Waals surface area contributed by atoms with Gasteiger partial charge in [-0.3, -0.25) is 9.35 Å². The molecular weight excluding hydrogens is 186 g/mol. The molecule has 0 saturated heterocycles. The van der Waals surface area contributed by atoms with Crippen LogP contribution in [0.25, 0.3) is 0 Å². The molecule has 0 radical (unpaired) electrons. The Morgan fingerprint density at radius 3 is 2.58 bits per heavy atom. The van der Waals surface area contributed by atoms with E-state index in [9.17, 15) is 13.2 Å². The van der Waals surface area contributed by atoms with Crippen LogP contribution >= 0.6 is 0 Å². The number of methoxy groups -OCH3 is 1. The lowest BCUT2D eigenvalue weighted by molar-refractivity contribution is -0.109. The highest BCUT2D eigenvalue weighted by Gasteiger charge is 2.22. The summed E-state index contributed by atoms with van der Waals surface area (Å²) in [6, 6.07) is 0. The maximum atomic E-state index is 10.5. The van der Waals surface area contributed by atoms with Crippen LogP contribution in [0.3, 0.4) is 0 Å². The standard InChI is InChI=1S/C5H11NO5S/c1-11-3-5(2-6-4-7)12(8,9)10/h4-5H,2-3H2,1H3,(H,6,7)(H,8,9,10). The first-order chi connectivity index (χ1) is 5.52. The van der Waals surface area contributed by atoms with E-state index in [0.29, 0.717) is 6.41 Å². The first-order valence-corrected chi connectivity index (χ1v) is 4.65. The number of ether oxygens (including phenoxy) is 1. The van der Waals surface area contributed by atoms with Gasteiger partial charge < -0.3 is 10.1 Å². The van der Waals surface area contributed by atoms with Crippen LogP contribution in [0.4, 0.5) is 0 Å². The lowest BCUT2D eigenvalue weighted by Gasteiger charge is -2.11. The fourth-order valence-corrected chi connectivity index (χ4v) is 1.23. The molecular formula is C5H11NO5S. The van der Waals surface area contributed by atoms with Gasteiger partial charge >= 0.3 is 0 Å². The average molecular weight is 197 g/mol. The first kappa shape index (κ1) is 11.3. The number of hydrogen-bond acceptors (Lipinski definition) is 4. The van der Waals surface area contributed by atoms with E-state index >= 15 is 0 Å². The van der Waals surface area contributed by atoms with Crippen molar-refractivity contribution < 1.29 is 22.5 Å². The highest BCUT2D eigenvalue weighted by Crippen LogP contribution is 1.97. The van der Waals surface area contributed by atoms with E-state index in [4.69, 9.17) is 4.55 Å². The summed E-state index contributed by atoms with van der Waals surface area (Å²) in [4.78, 5) is 9.81. The van der Waals surface area contributed by atoms with Gasteiger partial charge in [0.15, 0.2) is 0 Å². The Kier molecular flexibility index (Phi) is 4.79. The molecule has 0 aliphatic carbocycles. The van der Waals surface area contributed by atoms with Gasteiger partial charge in [0.25, 0.3) is 10.1 Å². The lowest BCUT2D eigenvalue weighted by atomic mass is 10.4. The monoisotopic (exact) mass is 197 g/mol. The molecule has 0 aliphatic heterocycles. The molecule has 0 fully saturated rings. The van der Waals surface area contributed by atoms with Crippen molar-refractivity contribution in [1.82, 2.24) is 5.32 Å². The minimum atomic E-state index is -4.15.